The van der Waals surface area contributed by atoms with Crippen LogP contribution in [0.25, 0.3) is 0 Å². The van der Waals surface area contributed by atoms with Gasteiger partial charge in [0.2, 0.25) is 0 Å². The SMILES string of the molecule is CCNC1C=CC(CC)CC1C(CCCO)OC(=O)C12OC1(CC(CO)=C(C)CCC1CCNC(N)C1)C(=O)C1CCCCC1C2=O. The minimum Gasteiger partial charge on any atom is -0.459 e. The van der Waals surface area contributed by atoms with E-state index in [2.05, 4.69) is 29.7 Å². The number of piperidine rings is 1. The van der Waals surface area contributed by atoms with Crippen LogP contribution in [0.15, 0.2) is 23.3 Å². The van der Waals surface area contributed by atoms with E-state index in [-0.39, 0.29) is 49.3 Å². The van der Waals surface area contributed by atoms with E-state index in [1.54, 1.807) is 0 Å². The second kappa shape index (κ2) is 15.7. The molecule has 10 atom stereocenters. The van der Waals surface area contributed by atoms with Crippen LogP contribution in [0, 0.1) is 29.6 Å². The summed E-state index contributed by atoms with van der Waals surface area (Å²) in [5.74, 6) is -1.58. The molecule has 0 aromatic heterocycles. The number of allylic oxidation sites excluding steroid dienone is 2. The first-order chi connectivity index (χ1) is 22.6. The van der Waals surface area contributed by atoms with Crippen molar-refractivity contribution < 1.29 is 34.1 Å². The maximum Gasteiger partial charge on any atom is 0.350 e. The number of nitrogens with two attached hydrogens (primary N) is 1. The maximum absolute atomic E-state index is 14.5. The number of nitrogens with one attached hydrogen (secondary N) is 2. The molecule has 0 amide bonds. The number of hydrogen-bond donors (Lipinski definition) is 5. The zero-order chi connectivity index (χ0) is 33.8. The molecule has 6 N–H and O–H groups in total. The van der Waals surface area contributed by atoms with Gasteiger partial charge in [-0.3, -0.25) is 9.59 Å². The van der Waals surface area contributed by atoms with Crippen molar-refractivity contribution in [3.05, 3.63) is 23.3 Å². The Morgan fingerprint density at radius 2 is 1.87 bits per heavy atom. The largest absolute Gasteiger partial charge is 0.459 e. The third-order valence-corrected chi connectivity index (χ3v) is 12.0. The molecule has 5 rings (SSSR count). The third kappa shape index (κ3) is 7.19. The van der Waals surface area contributed by atoms with E-state index in [1.165, 1.54) is 0 Å². The Morgan fingerprint density at radius 1 is 1.13 bits per heavy atom. The van der Waals surface area contributed by atoms with Crippen LogP contribution in [0.3, 0.4) is 0 Å². The number of ether oxygens (including phenoxy) is 2. The Kier molecular flexibility index (Phi) is 12.2. The summed E-state index contributed by atoms with van der Waals surface area (Å²) in [6.07, 6.45) is 12.9. The lowest BCUT2D eigenvalue weighted by atomic mass is 9.60. The Labute approximate surface area is 280 Å². The highest BCUT2D eigenvalue weighted by atomic mass is 16.7. The second-order valence-electron chi connectivity index (χ2n) is 14.9. The Hall–Kier alpha value is -1.95. The summed E-state index contributed by atoms with van der Waals surface area (Å²) in [7, 11) is 0. The van der Waals surface area contributed by atoms with Crippen molar-refractivity contribution in [3.63, 3.8) is 0 Å². The minimum absolute atomic E-state index is 0.00929. The molecule has 5 aliphatic rings. The molecule has 3 aliphatic carbocycles. The molecule has 0 bridgehead atoms. The number of fused-ring (bicyclic) bond motifs is 2. The molecule has 2 heterocycles. The van der Waals surface area contributed by atoms with Gasteiger partial charge < -0.3 is 36.1 Å². The van der Waals surface area contributed by atoms with Gasteiger partial charge in [0.05, 0.1) is 12.8 Å². The van der Waals surface area contributed by atoms with Gasteiger partial charge in [-0.05, 0) is 102 Å². The summed E-state index contributed by atoms with van der Waals surface area (Å²) in [4.78, 5) is 43.3. The summed E-state index contributed by atoms with van der Waals surface area (Å²) in [6.45, 7) is 7.46. The molecule has 10 nitrogen and oxygen atoms in total. The van der Waals surface area contributed by atoms with Gasteiger partial charge in [-0.2, -0.15) is 0 Å². The van der Waals surface area contributed by atoms with E-state index in [9.17, 15) is 24.6 Å². The predicted octanol–water partition coefficient (Wildman–Crippen LogP) is 3.48. The molecular weight excluding hydrogens is 598 g/mol. The average Bonchev–Trinajstić information content (AvgIpc) is 3.79. The molecule has 2 saturated heterocycles. The number of aliphatic hydroxyl groups excluding tert-OH is 2. The van der Waals surface area contributed by atoms with E-state index in [4.69, 9.17) is 15.2 Å². The van der Waals surface area contributed by atoms with Gasteiger partial charge in [0, 0.05) is 36.8 Å². The van der Waals surface area contributed by atoms with E-state index in [1.807, 2.05) is 13.8 Å². The fourth-order valence-corrected chi connectivity index (χ4v) is 9.13. The normalized spacial score (nSPS) is 37.9. The van der Waals surface area contributed by atoms with Crippen LogP contribution in [0.5, 0.6) is 0 Å². The number of carbonyl (C=O) groups is 3. The van der Waals surface area contributed by atoms with Gasteiger partial charge >= 0.3 is 5.97 Å². The van der Waals surface area contributed by atoms with Crippen molar-refractivity contribution in [2.75, 3.05) is 26.3 Å². The zero-order valence-electron chi connectivity index (χ0n) is 28.8. The summed E-state index contributed by atoms with van der Waals surface area (Å²) < 4.78 is 12.7. The zero-order valence-corrected chi connectivity index (χ0v) is 28.8. The molecule has 0 radical (unpaired) electrons. The van der Waals surface area contributed by atoms with Gasteiger partial charge in [-0.1, -0.05) is 44.4 Å². The maximum atomic E-state index is 14.5. The molecule has 2 aliphatic heterocycles. The minimum atomic E-state index is -2.00. The van der Waals surface area contributed by atoms with Crippen LogP contribution >= 0.6 is 0 Å². The first kappa shape index (κ1) is 36.3. The highest BCUT2D eigenvalue weighted by Gasteiger charge is 2.87. The second-order valence-corrected chi connectivity index (χ2v) is 14.9. The topological polar surface area (TPSA) is 164 Å². The van der Waals surface area contributed by atoms with Gasteiger partial charge in [-0.15, -0.1) is 0 Å². The smallest absolute Gasteiger partial charge is 0.350 e. The third-order valence-electron chi connectivity index (χ3n) is 12.0. The number of carbonyl (C=O) groups excluding carboxylic acids is 3. The van der Waals surface area contributed by atoms with Crippen LogP contribution in [-0.4, -0.2) is 83.6 Å². The highest BCUT2D eigenvalue weighted by Crippen LogP contribution is 2.62. The van der Waals surface area contributed by atoms with Crippen molar-refractivity contribution in [2.24, 2.45) is 35.3 Å². The van der Waals surface area contributed by atoms with Crippen molar-refractivity contribution in [3.8, 4) is 0 Å². The molecule has 4 fully saturated rings. The molecule has 10 heteroatoms. The molecule has 0 spiro atoms. The lowest BCUT2D eigenvalue weighted by Crippen LogP contribution is -2.59. The van der Waals surface area contributed by atoms with Crippen LogP contribution < -0.4 is 16.4 Å². The number of aliphatic hydroxyl groups is 2. The summed E-state index contributed by atoms with van der Waals surface area (Å²) in [5, 5.41) is 27.1. The number of likely N-dealkylation sites (N-methyl/N-ethyl adjacent to an activating group) is 1. The molecule has 264 valence electrons. The Bertz CT molecular complexity index is 1200. The van der Waals surface area contributed by atoms with E-state index >= 15 is 0 Å². The quantitative estimate of drug-likeness (QED) is 0.0763. The number of esters is 1. The van der Waals surface area contributed by atoms with Gasteiger partial charge in [0.25, 0.3) is 5.60 Å². The lowest BCUT2D eigenvalue weighted by Gasteiger charge is -2.39. The van der Waals surface area contributed by atoms with Crippen molar-refractivity contribution in [1.29, 1.82) is 0 Å². The van der Waals surface area contributed by atoms with Crippen LogP contribution in [0.1, 0.15) is 104 Å². The van der Waals surface area contributed by atoms with Crippen molar-refractivity contribution in [2.45, 2.75) is 134 Å². The molecule has 2 saturated carbocycles. The van der Waals surface area contributed by atoms with Crippen LogP contribution in [0.4, 0.5) is 0 Å². The van der Waals surface area contributed by atoms with Gasteiger partial charge in [0.15, 0.2) is 17.2 Å². The monoisotopic (exact) mass is 657 g/mol. The Balaban J connectivity index is 1.43. The van der Waals surface area contributed by atoms with Crippen molar-refractivity contribution in [1.82, 2.24) is 10.6 Å². The van der Waals surface area contributed by atoms with Crippen LogP contribution in [0.2, 0.25) is 0 Å². The predicted molar refractivity (Wildman–Crippen MR) is 179 cm³/mol. The highest BCUT2D eigenvalue weighted by molar-refractivity contribution is 6.23. The molecule has 47 heavy (non-hydrogen) atoms. The van der Waals surface area contributed by atoms with Crippen LogP contribution in [-0.2, 0) is 23.9 Å². The number of epoxide rings is 1. The van der Waals surface area contributed by atoms with Gasteiger partial charge in [0.1, 0.15) is 6.10 Å². The molecule has 0 aromatic rings. The fourth-order valence-electron chi connectivity index (χ4n) is 9.13. The fraction of sp³-hybridized carbons (Fsp3) is 0.811. The first-order valence-electron chi connectivity index (χ1n) is 18.4. The molecular formula is C37H59N3O7. The first-order valence-corrected chi connectivity index (χ1v) is 18.4. The summed E-state index contributed by atoms with van der Waals surface area (Å²) in [6, 6.07) is -0.0193. The average molecular weight is 658 g/mol. The number of hydrogen-bond acceptors (Lipinski definition) is 10. The summed E-state index contributed by atoms with van der Waals surface area (Å²) >= 11 is 0. The van der Waals surface area contributed by atoms with Crippen molar-refractivity contribution >= 4 is 17.5 Å². The molecule has 0 aromatic carbocycles. The van der Waals surface area contributed by atoms with E-state index in [0.29, 0.717) is 43.1 Å². The number of rotatable bonds is 15. The van der Waals surface area contributed by atoms with E-state index < -0.39 is 35.1 Å². The standard InChI is InChI=1S/C37H59N3O7/c1-4-24-14-15-30(39-5-2)29(19-24)31(11-8-18-41)46-35(45)37-34(44)28-10-7-6-9-27(28)33(43)36(37,47-37)21-26(22-42)23(3)12-13-25-16-17-40-32(38)20-25/h14-15,24-25,27-32,39-42H,4-13,16-22,38H2,1-3H3. The number of Topliss-reactive ketones (excluding diaryl/α,β-unsaturated/α-hetero) is 2. The molecule has 10 unspecified atom stereocenters. The lowest BCUT2D eigenvalue weighted by molar-refractivity contribution is -0.166. The Morgan fingerprint density at radius 3 is 2.53 bits per heavy atom. The number of ketones is 2. The summed E-state index contributed by atoms with van der Waals surface area (Å²) in [5.41, 5.74) is 4.09. The van der Waals surface area contributed by atoms with Gasteiger partial charge in [-0.25, -0.2) is 4.79 Å². The van der Waals surface area contributed by atoms with E-state index in [0.717, 1.165) is 70.0 Å².